The summed E-state index contributed by atoms with van der Waals surface area (Å²) in [4.78, 5) is 0. The van der Waals surface area contributed by atoms with Crippen molar-refractivity contribution in [3.05, 3.63) is 0 Å². The van der Waals surface area contributed by atoms with Crippen LogP contribution < -0.4 is 0 Å². The van der Waals surface area contributed by atoms with Gasteiger partial charge in [0.05, 0.1) is 5.60 Å². The maximum atomic E-state index is 6.50. The number of hydrogen-bond acceptors (Lipinski definition) is 1. The topological polar surface area (TPSA) is 12.5 Å². The van der Waals surface area contributed by atoms with Gasteiger partial charge in [0.15, 0.2) is 0 Å². The van der Waals surface area contributed by atoms with E-state index >= 15 is 0 Å². The lowest BCUT2D eigenvalue weighted by molar-refractivity contribution is -0.0949. The normalized spacial score (nSPS) is 61.4. The maximum absolute atomic E-state index is 6.50. The monoisotopic (exact) mass is 288 g/mol. The maximum Gasteiger partial charge on any atom is 0.101 e. The molecule has 5 aliphatic rings. The van der Waals surface area contributed by atoms with Gasteiger partial charge in [0.25, 0.3) is 0 Å². The van der Waals surface area contributed by atoms with Crippen molar-refractivity contribution >= 4 is 0 Å². The van der Waals surface area contributed by atoms with Gasteiger partial charge in [-0.1, -0.05) is 26.7 Å². The highest BCUT2D eigenvalue weighted by Crippen LogP contribution is 2.74. The summed E-state index contributed by atoms with van der Waals surface area (Å²) in [6.07, 6.45) is 16.1. The number of epoxide rings is 1. The minimum Gasteiger partial charge on any atom is -0.362 e. The molecule has 1 saturated heterocycles. The van der Waals surface area contributed by atoms with Crippen molar-refractivity contribution in [2.24, 2.45) is 29.1 Å². The number of hydrogen-bond donors (Lipinski definition) is 0. The van der Waals surface area contributed by atoms with Crippen molar-refractivity contribution < 1.29 is 4.74 Å². The molecule has 0 amide bonds. The summed E-state index contributed by atoms with van der Waals surface area (Å²) in [6.45, 7) is 5.05. The molecule has 21 heavy (non-hydrogen) atoms. The molecule has 0 aromatic heterocycles. The molecule has 7 atom stereocenters. The molecular weight excluding hydrogens is 256 g/mol. The van der Waals surface area contributed by atoms with Gasteiger partial charge in [-0.15, -0.1) is 0 Å². The summed E-state index contributed by atoms with van der Waals surface area (Å²) in [6, 6.07) is 0. The van der Waals surface area contributed by atoms with E-state index in [2.05, 4.69) is 13.8 Å². The third kappa shape index (κ3) is 1.44. The van der Waals surface area contributed by atoms with Gasteiger partial charge in [-0.3, -0.25) is 0 Å². The molecule has 0 N–H and O–H groups in total. The van der Waals surface area contributed by atoms with Gasteiger partial charge >= 0.3 is 0 Å². The lowest BCUT2D eigenvalue weighted by Crippen LogP contribution is -2.52. The molecule has 1 heteroatoms. The summed E-state index contributed by atoms with van der Waals surface area (Å²) in [5.41, 5.74) is 1.39. The molecule has 1 aliphatic heterocycles. The van der Waals surface area contributed by atoms with E-state index in [4.69, 9.17) is 4.74 Å². The quantitative estimate of drug-likeness (QED) is 0.594. The van der Waals surface area contributed by atoms with Gasteiger partial charge in [0.1, 0.15) is 5.60 Å². The lowest BCUT2D eigenvalue weighted by Gasteiger charge is -2.58. The molecule has 0 radical (unpaired) electrons. The Balaban J connectivity index is 1.47. The van der Waals surface area contributed by atoms with Crippen molar-refractivity contribution in [3.8, 4) is 0 Å². The van der Waals surface area contributed by atoms with Crippen LogP contribution in [0.5, 0.6) is 0 Å². The van der Waals surface area contributed by atoms with Gasteiger partial charge in [-0.05, 0) is 86.9 Å². The largest absolute Gasteiger partial charge is 0.362 e. The van der Waals surface area contributed by atoms with E-state index < -0.39 is 0 Å². The molecule has 1 heterocycles. The Morgan fingerprint density at radius 3 is 2.57 bits per heavy atom. The Bertz CT molecular complexity index is 459. The predicted octanol–water partition coefficient (Wildman–Crippen LogP) is 5.33. The standard InChI is InChI=1S/C20H32O/c1-3-19-12-9-17-15-8-7-14-6-4-5-11-18(14,2)16(15)10-13-20(17,19)21-19/h14-17H,3-13H2,1-2H3/t14-,15-,16+,17+,18+,19+,20-/m1/s1. The van der Waals surface area contributed by atoms with Crippen LogP contribution in [0.1, 0.15) is 84.5 Å². The summed E-state index contributed by atoms with van der Waals surface area (Å²) in [7, 11) is 0. The molecule has 0 aromatic carbocycles. The summed E-state index contributed by atoms with van der Waals surface area (Å²) >= 11 is 0. The number of rotatable bonds is 1. The fraction of sp³-hybridized carbons (Fsp3) is 1.00. The molecule has 0 unspecified atom stereocenters. The van der Waals surface area contributed by atoms with Crippen LogP contribution in [0, 0.1) is 29.1 Å². The van der Waals surface area contributed by atoms with Crippen LogP contribution in [-0.2, 0) is 4.74 Å². The SMILES string of the molecule is CC[C@]12CC[C@H]3[C@@H]4CC[C@H]5CCCC[C@]5(C)[C@H]4CC[C@@]31O2. The van der Waals surface area contributed by atoms with Crippen molar-refractivity contribution in [1.29, 1.82) is 0 Å². The second kappa shape index (κ2) is 4.08. The van der Waals surface area contributed by atoms with Crippen LogP contribution in [-0.4, -0.2) is 11.2 Å². The van der Waals surface area contributed by atoms with E-state index in [-0.39, 0.29) is 0 Å². The third-order valence-corrected chi connectivity index (χ3v) is 9.14. The Hall–Kier alpha value is -0.0400. The molecule has 5 rings (SSSR count). The van der Waals surface area contributed by atoms with Crippen LogP contribution in [0.2, 0.25) is 0 Å². The molecule has 5 fully saturated rings. The van der Waals surface area contributed by atoms with Gasteiger partial charge < -0.3 is 4.74 Å². The highest BCUT2D eigenvalue weighted by Gasteiger charge is 2.78. The highest BCUT2D eigenvalue weighted by atomic mass is 16.6. The van der Waals surface area contributed by atoms with Gasteiger partial charge in [0, 0.05) is 0 Å². The summed E-state index contributed by atoms with van der Waals surface area (Å²) < 4.78 is 6.50. The first-order chi connectivity index (χ1) is 10.2. The molecule has 118 valence electrons. The van der Waals surface area contributed by atoms with E-state index in [0.29, 0.717) is 16.6 Å². The minimum absolute atomic E-state index is 0.340. The molecular formula is C20H32O. The highest BCUT2D eigenvalue weighted by molar-refractivity contribution is 5.26. The van der Waals surface area contributed by atoms with Crippen molar-refractivity contribution in [1.82, 2.24) is 0 Å². The van der Waals surface area contributed by atoms with E-state index in [1.165, 1.54) is 70.6 Å². The lowest BCUT2D eigenvalue weighted by atomic mass is 9.47. The van der Waals surface area contributed by atoms with Crippen LogP contribution in [0.3, 0.4) is 0 Å². The van der Waals surface area contributed by atoms with E-state index in [1.807, 2.05) is 0 Å². The first kappa shape index (κ1) is 13.4. The van der Waals surface area contributed by atoms with Crippen LogP contribution in [0.25, 0.3) is 0 Å². The zero-order valence-electron chi connectivity index (χ0n) is 14.0. The predicted molar refractivity (Wildman–Crippen MR) is 85.1 cm³/mol. The summed E-state index contributed by atoms with van der Waals surface area (Å²) in [5.74, 6) is 4.02. The Morgan fingerprint density at radius 1 is 0.905 bits per heavy atom. The average Bonchev–Trinajstić information content (AvgIpc) is 3.03. The fourth-order valence-electron chi connectivity index (χ4n) is 8.07. The van der Waals surface area contributed by atoms with Crippen molar-refractivity contribution in [3.63, 3.8) is 0 Å². The molecule has 0 bridgehead atoms. The Kier molecular flexibility index (Phi) is 2.60. The van der Waals surface area contributed by atoms with Crippen molar-refractivity contribution in [2.45, 2.75) is 95.7 Å². The van der Waals surface area contributed by atoms with Crippen molar-refractivity contribution in [2.75, 3.05) is 0 Å². The molecule has 4 saturated carbocycles. The Morgan fingerprint density at radius 2 is 1.76 bits per heavy atom. The summed E-state index contributed by atoms with van der Waals surface area (Å²) in [5, 5.41) is 0. The van der Waals surface area contributed by atoms with E-state index in [9.17, 15) is 0 Å². The second-order valence-electron chi connectivity index (χ2n) is 9.32. The minimum atomic E-state index is 0.340. The third-order valence-electron chi connectivity index (χ3n) is 9.14. The first-order valence-corrected chi connectivity index (χ1v) is 9.85. The molecule has 1 nitrogen and oxygen atoms in total. The molecule has 1 spiro atoms. The fourth-order valence-corrected chi connectivity index (χ4v) is 8.07. The zero-order chi connectivity index (χ0) is 14.3. The molecule has 4 aliphatic carbocycles. The van der Waals surface area contributed by atoms with E-state index in [1.54, 1.807) is 0 Å². The van der Waals surface area contributed by atoms with E-state index in [0.717, 1.165) is 23.7 Å². The molecule has 0 aromatic rings. The van der Waals surface area contributed by atoms with Gasteiger partial charge in [0.2, 0.25) is 0 Å². The number of fused-ring (bicyclic) bond motifs is 4. The smallest absolute Gasteiger partial charge is 0.101 e. The van der Waals surface area contributed by atoms with Gasteiger partial charge in [-0.2, -0.15) is 0 Å². The second-order valence-corrected chi connectivity index (χ2v) is 9.32. The zero-order valence-corrected chi connectivity index (χ0v) is 14.0. The van der Waals surface area contributed by atoms with Gasteiger partial charge in [-0.25, -0.2) is 0 Å². The first-order valence-electron chi connectivity index (χ1n) is 9.85. The van der Waals surface area contributed by atoms with Crippen LogP contribution in [0.4, 0.5) is 0 Å². The Labute approximate surface area is 130 Å². The van der Waals surface area contributed by atoms with Crippen LogP contribution >= 0.6 is 0 Å². The number of ether oxygens (including phenoxy) is 1. The average molecular weight is 288 g/mol. The van der Waals surface area contributed by atoms with Crippen LogP contribution in [0.15, 0.2) is 0 Å².